The minimum Gasteiger partial charge on any atom is -0.290 e. The highest BCUT2D eigenvalue weighted by Crippen LogP contribution is 2.22. The first kappa shape index (κ1) is 17.4. The molecule has 104 valence electrons. The molecule has 0 saturated heterocycles. The lowest BCUT2D eigenvalue weighted by Gasteiger charge is -2.45. The maximum absolute atomic E-state index is 7.04. The van der Waals surface area contributed by atoms with Gasteiger partial charge in [-0.25, -0.2) is 0 Å². The Labute approximate surface area is 114 Å². The van der Waals surface area contributed by atoms with Crippen LogP contribution in [0.2, 0.25) is 0 Å². The second kappa shape index (κ2) is 8.48. The minimum absolute atomic E-state index is 1.07. The lowest BCUT2D eigenvalue weighted by Crippen LogP contribution is -2.69. The highest BCUT2D eigenvalue weighted by Gasteiger charge is 2.45. The van der Waals surface area contributed by atoms with Gasteiger partial charge in [-0.1, -0.05) is 20.8 Å². The summed E-state index contributed by atoms with van der Waals surface area (Å²) in [7, 11) is 4.35. The van der Waals surface area contributed by atoms with Crippen molar-refractivity contribution < 1.29 is 0 Å². The van der Waals surface area contributed by atoms with Crippen molar-refractivity contribution in [1.29, 1.82) is 0 Å². The van der Waals surface area contributed by atoms with Crippen molar-refractivity contribution in [2.24, 2.45) is 0 Å². The van der Waals surface area contributed by atoms with Crippen LogP contribution >= 0.6 is 11.1 Å². The Bertz CT molecular complexity index is 173. The van der Waals surface area contributed by atoms with Crippen molar-refractivity contribution in [2.75, 3.05) is 40.8 Å². The zero-order valence-corrected chi connectivity index (χ0v) is 14.2. The highest BCUT2D eigenvalue weighted by molar-refractivity contribution is 7.15. The standard InChI is InChI=1S/C12H30ClN3Si/c1-7-10-14(4)17(13,15(5)11-8-2)16(6)12-9-3/h7-12H2,1-6H3. The molecule has 17 heavy (non-hydrogen) atoms. The van der Waals surface area contributed by atoms with Gasteiger partial charge in [0.25, 0.3) is 0 Å². The molecule has 0 aliphatic rings. The molecule has 0 amide bonds. The van der Waals surface area contributed by atoms with Gasteiger partial charge in [-0.3, -0.25) is 13.7 Å². The van der Waals surface area contributed by atoms with Gasteiger partial charge < -0.3 is 0 Å². The summed E-state index contributed by atoms with van der Waals surface area (Å²) in [6.45, 7) is 9.83. The fraction of sp³-hybridized carbons (Fsp3) is 1.00. The van der Waals surface area contributed by atoms with Crippen LogP contribution < -0.4 is 0 Å². The fourth-order valence-corrected chi connectivity index (χ4v) is 6.34. The molecule has 0 bridgehead atoms. The molecule has 0 N–H and O–H groups in total. The van der Waals surface area contributed by atoms with Crippen molar-refractivity contribution in [1.82, 2.24) is 13.7 Å². The Hall–Kier alpha value is 0.387. The molecule has 0 unspecified atom stereocenters. The molecule has 3 nitrogen and oxygen atoms in total. The van der Waals surface area contributed by atoms with Gasteiger partial charge in [0, 0.05) is 0 Å². The number of halogens is 1. The Balaban J connectivity index is 4.90. The molecule has 0 aliphatic carbocycles. The zero-order chi connectivity index (χ0) is 13.5. The SMILES string of the molecule is CCCN(C)[Si](Cl)(N(C)CCC)N(C)CCC. The summed E-state index contributed by atoms with van der Waals surface area (Å²) in [5.41, 5.74) is 0. The third-order valence-corrected chi connectivity index (χ3v) is 9.32. The van der Waals surface area contributed by atoms with E-state index in [1.54, 1.807) is 0 Å². The number of rotatable bonds is 9. The maximum atomic E-state index is 7.04. The monoisotopic (exact) mass is 279 g/mol. The van der Waals surface area contributed by atoms with Crippen molar-refractivity contribution in [3.8, 4) is 0 Å². The van der Waals surface area contributed by atoms with E-state index in [-0.39, 0.29) is 0 Å². The summed E-state index contributed by atoms with van der Waals surface area (Å²) in [6.07, 6.45) is 3.45. The van der Waals surface area contributed by atoms with E-state index in [4.69, 9.17) is 11.1 Å². The molecule has 0 fully saturated rings. The first-order valence-corrected chi connectivity index (χ1v) is 9.62. The largest absolute Gasteiger partial charge is 0.392 e. The molecule has 5 heteroatoms. The van der Waals surface area contributed by atoms with Gasteiger partial charge in [-0.05, 0) is 60.0 Å². The average molecular weight is 280 g/mol. The van der Waals surface area contributed by atoms with Gasteiger partial charge in [-0.2, -0.15) is 0 Å². The van der Waals surface area contributed by atoms with Crippen LogP contribution in [0.25, 0.3) is 0 Å². The van der Waals surface area contributed by atoms with E-state index in [9.17, 15) is 0 Å². The summed E-state index contributed by atoms with van der Waals surface area (Å²) in [4.78, 5) is 0. The normalized spacial score (nSPS) is 13.1. The number of hydrogen-bond acceptors (Lipinski definition) is 3. The molecule has 0 aromatic heterocycles. The molecule has 0 radical (unpaired) electrons. The van der Waals surface area contributed by atoms with Crippen LogP contribution in [0.5, 0.6) is 0 Å². The zero-order valence-electron chi connectivity index (χ0n) is 12.5. The first-order valence-electron chi connectivity index (χ1n) is 6.77. The Morgan fingerprint density at radius 1 is 0.706 bits per heavy atom. The summed E-state index contributed by atoms with van der Waals surface area (Å²) in [6, 6.07) is 0. The van der Waals surface area contributed by atoms with Crippen LogP contribution in [0.15, 0.2) is 0 Å². The average Bonchev–Trinajstić information content (AvgIpc) is 2.28. The van der Waals surface area contributed by atoms with E-state index in [1.165, 1.54) is 0 Å². The quantitative estimate of drug-likeness (QED) is 0.475. The van der Waals surface area contributed by atoms with Crippen molar-refractivity contribution in [2.45, 2.75) is 40.0 Å². The maximum Gasteiger partial charge on any atom is 0.392 e. The molecule has 0 atom stereocenters. The summed E-state index contributed by atoms with van der Waals surface area (Å²) in [5, 5.41) is 0. The smallest absolute Gasteiger partial charge is 0.290 e. The predicted molar refractivity (Wildman–Crippen MR) is 80.4 cm³/mol. The fourth-order valence-electron chi connectivity index (χ4n) is 2.31. The van der Waals surface area contributed by atoms with Gasteiger partial charge in [0.15, 0.2) is 0 Å². The minimum atomic E-state index is -2.15. The van der Waals surface area contributed by atoms with E-state index in [0.29, 0.717) is 0 Å². The van der Waals surface area contributed by atoms with E-state index >= 15 is 0 Å². The molecule has 0 aromatic rings. The summed E-state index contributed by atoms with van der Waals surface area (Å²) < 4.78 is 7.12. The Morgan fingerprint density at radius 3 is 1.12 bits per heavy atom. The molecule has 0 rings (SSSR count). The van der Waals surface area contributed by atoms with Gasteiger partial charge in [-0.15, -0.1) is 11.1 Å². The van der Waals surface area contributed by atoms with E-state index in [1.807, 2.05) is 0 Å². The lowest BCUT2D eigenvalue weighted by molar-refractivity contribution is 0.319. The van der Waals surface area contributed by atoms with Crippen LogP contribution in [0, 0.1) is 0 Å². The second-order valence-electron chi connectivity index (χ2n) is 4.82. The van der Waals surface area contributed by atoms with Crippen LogP contribution in [0.4, 0.5) is 0 Å². The van der Waals surface area contributed by atoms with Crippen LogP contribution in [-0.4, -0.2) is 62.3 Å². The highest BCUT2D eigenvalue weighted by atomic mass is 35.6. The van der Waals surface area contributed by atoms with E-state index < -0.39 is 7.87 Å². The molecular formula is C12H30ClN3Si. The lowest BCUT2D eigenvalue weighted by atomic mass is 10.5. The molecule has 0 spiro atoms. The van der Waals surface area contributed by atoms with Crippen molar-refractivity contribution in [3.05, 3.63) is 0 Å². The van der Waals surface area contributed by atoms with Gasteiger partial charge >= 0.3 is 7.87 Å². The third-order valence-electron chi connectivity index (χ3n) is 3.13. The van der Waals surface area contributed by atoms with Crippen LogP contribution in [0.1, 0.15) is 40.0 Å². The van der Waals surface area contributed by atoms with Gasteiger partial charge in [0.1, 0.15) is 0 Å². The Kier molecular flexibility index (Phi) is 8.68. The summed E-state index contributed by atoms with van der Waals surface area (Å²) >= 11 is 7.04. The summed E-state index contributed by atoms with van der Waals surface area (Å²) in [5.74, 6) is 0. The second-order valence-corrected chi connectivity index (χ2v) is 9.74. The number of nitrogens with zero attached hydrogens (tertiary/aromatic N) is 3. The van der Waals surface area contributed by atoms with Gasteiger partial charge in [0.05, 0.1) is 0 Å². The van der Waals surface area contributed by atoms with Crippen LogP contribution in [-0.2, 0) is 0 Å². The van der Waals surface area contributed by atoms with E-state index in [2.05, 4.69) is 55.6 Å². The topological polar surface area (TPSA) is 9.72 Å². The van der Waals surface area contributed by atoms with Crippen LogP contribution in [0.3, 0.4) is 0 Å². The molecule has 0 saturated carbocycles. The van der Waals surface area contributed by atoms with Crippen molar-refractivity contribution in [3.63, 3.8) is 0 Å². The third kappa shape index (κ3) is 4.52. The molecule has 0 aromatic carbocycles. The molecule has 0 heterocycles. The first-order chi connectivity index (χ1) is 7.94. The van der Waals surface area contributed by atoms with Gasteiger partial charge in [0.2, 0.25) is 0 Å². The predicted octanol–water partition coefficient (Wildman–Crippen LogP) is 2.69. The number of hydrogen-bond donors (Lipinski definition) is 0. The molecular weight excluding hydrogens is 250 g/mol. The van der Waals surface area contributed by atoms with E-state index in [0.717, 1.165) is 38.9 Å². The molecule has 0 aliphatic heterocycles. The van der Waals surface area contributed by atoms with Crippen molar-refractivity contribution >= 4 is 18.9 Å². The Morgan fingerprint density at radius 2 is 0.941 bits per heavy atom.